The van der Waals surface area contributed by atoms with Crippen molar-refractivity contribution in [2.75, 3.05) is 6.61 Å². The molecule has 1 fully saturated rings. The Morgan fingerprint density at radius 3 is 2.88 bits per heavy atom. The average molecular weight is 474 g/mol. The van der Waals surface area contributed by atoms with E-state index in [-0.39, 0.29) is 28.1 Å². The number of rotatable bonds is 3. The smallest absolute Gasteiger partial charge is 0.279 e. The summed E-state index contributed by atoms with van der Waals surface area (Å²) < 4.78 is 8.95. The molecule has 4 aromatic rings. The molecule has 1 saturated heterocycles. The summed E-state index contributed by atoms with van der Waals surface area (Å²) in [4.78, 5) is 35.5. The standard InChI is InChI=1S/C25H20ClN5O3/c1-15-5-3-9-30-21(15)28-23-20(25(30)33)12-17(13-27)22(31(23)14-19-8-4-10-34-19)29-24(32)16-6-2-7-18(26)11-16/h2-3,5-7,9,11-12,19H,4,8,10,14H2,1H3/t19-/m0/s1. The first-order valence-corrected chi connectivity index (χ1v) is 11.3. The molecule has 1 aliphatic heterocycles. The van der Waals surface area contributed by atoms with Gasteiger partial charge in [0.05, 0.1) is 23.6 Å². The van der Waals surface area contributed by atoms with E-state index in [0.29, 0.717) is 35.0 Å². The van der Waals surface area contributed by atoms with Crippen LogP contribution in [0.3, 0.4) is 0 Å². The van der Waals surface area contributed by atoms with Crippen LogP contribution in [-0.2, 0) is 11.3 Å². The SMILES string of the molecule is Cc1cccn2c(=O)c3cc(C#N)c(=NC(=O)c4cccc(Cl)c4)n(C[C@@H]4CCCO4)c3nc12. The van der Waals surface area contributed by atoms with E-state index in [1.165, 1.54) is 16.5 Å². The van der Waals surface area contributed by atoms with E-state index in [1.54, 1.807) is 35.0 Å². The zero-order valence-corrected chi connectivity index (χ0v) is 19.1. The summed E-state index contributed by atoms with van der Waals surface area (Å²) in [7, 11) is 0. The van der Waals surface area contributed by atoms with Crippen molar-refractivity contribution in [3.05, 3.63) is 86.2 Å². The van der Waals surface area contributed by atoms with Gasteiger partial charge in [-0.3, -0.25) is 14.0 Å². The van der Waals surface area contributed by atoms with Crippen LogP contribution in [0.5, 0.6) is 0 Å². The van der Waals surface area contributed by atoms with E-state index in [1.807, 2.05) is 13.0 Å². The number of pyridine rings is 2. The van der Waals surface area contributed by atoms with Crippen LogP contribution in [-0.4, -0.2) is 32.6 Å². The second-order valence-corrected chi connectivity index (χ2v) is 8.64. The van der Waals surface area contributed by atoms with Gasteiger partial charge in [-0.05, 0) is 55.7 Å². The van der Waals surface area contributed by atoms with Crippen molar-refractivity contribution in [3.63, 3.8) is 0 Å². The van der Waals surface area contributed by atoms with Gasteiger partial charge in [0.25, 0.3) is 11.5 Å². The highest BCUT2D eigenvalue weighted by molar-refractivity contribution is 6.31. The summed E-state index contributed by atoms with van der Waals surface area (Å²) >= 11 is 6.05. The topological polar surface area (TPSA) is 102 Å². The predicted molar refractivity (Wildman–Crippen MR) is 127 cm³/mol. The van der Waals surface area contributed by atoms with Crippen molar-refractivity contribution in [2.24, 2.45) is 4.99 Å². The van der Waals surface area contributed by atoms with Crippen molar-refractivity contribution in [2.45, 2.75) is 32.4 Å². The van der Waals surface area contributed by atoms with E-state index in [4.69, 9.17) is 21.3 Å². The summed E-state index contributed by atoms with van der Waals surface area (Å²) in [5, 5.41) is 10.6. The fourth-order valence-corrected chi connectivity index (χ4v) is 4.43. The molecule has 0 bridgehead atoms. The zero-order valence-electron chi connectivity index (χ0n) is 18.4. The third-order valence-electron chi connectivity index (χ3n) is 5.91. The van der Waals surface area contributed by atoms with Gasteiger partial charge in [-0.25, -0.2) is 4.98 Å². The minimum atomic E-state index is -0.548. The molecule has 8 nitrogen and oxygen atoms in total. The molecule has 9 heteroatoms. The molecule has 0 radical (unpaired) electrons. The number of aryl methyl sites for hydroxylation is 1. The molecule has 0 unspecified atom stereocenters. The maximum absolute atomic E-state index is 13.3. The molecule has 0 N–H and O–H groups in total. The van der Waals surface area contributed by atoms with Gasteiger partial charge in [-0.15, -0.1) is 0 Å². The van der Waals surface area contributed by atoms with Gasteiger partial charge in [0, 0.05) is 23.4 Å². The molecule has 0 spiro atoms. The van der Waals surface area contributed by atoms with E-state index in [0.717, 1.165) is 18.4 Å². The lowest BCUT2D eigenvalue weighted by molar-refractivity contribution is 0.0952. The lowest BCUT2D eigenvalue weighted by Gasteiger charge is -2.17. The normalized spacial score (nSPS) is 16.3. The Bertz CT molecular complexity index is 1620. The Balaban J connectivity index is 1.85. The summed E-state index contributed by atoms with van der Waals surface area (Å²) in [5.41, 5.74) is 1.91. The lowest BCUT2D eigenvalue weighted by Crippen LogP contribution is -2.33. The Hall–Kier alpha value is -3.80. The largest absolute Gasteiger partial charge is 0.376 e. The molecular weight excluding hydrogens is 454 g/mol. The minimum absolute atomic E-state index is 0.104. The predicted octanol–water partition coefficient (Wildman–Crippen LogP) is 3.40. The molecule has 0 saturated carbocycles. The first kappa shape index (κ1) is 22.0. The molecule has 1 aromatic carbocycles. The first-order valence-electron chi connectivity index (χ1n) is 10.9. The number of carbonyl (C=O) groups is 1. The van der Waals surface area contributed by atoms with E-state index in [9.17, 15) is 14.9 Å². The van der Waals surface area contributed by atoms with Crippen molar-refractivity contribution in [1.82, 2.24) is 14.0 Å². The number of amides is 1. The molecule has 0 aliphatic carbocycles. The number of halogens is 1. The number of aromatic nitrogens is 3. The second-order valence-electron chi connectivity index (χ2n) is 8.21. The van der Waals surface area contributed by atoms with Crippen molar-refractivity contribution in [3.8, 4) is 6.07 Å². The number of hydrogen-bond donors (Lipinski definition) is 0. The van der Waals surface area contributed by atoms with Crippen LogP contribution in [0.2, 0.25) is 5.02 Å². The van der Waals surface area contributed by atoms with Gasteiger partial charge in [-0.2, -0.15) is 10.3 Å². The fourth-order valence-electron chi connectivity index (χ4n) is 4.24. The second kappa shape index (κ2) is 8.86. The van der Waals surface area contributed by atoms with E-state index in [2.05, 4.69) is 11.1 Å². The van der Waals surface area contributed by atoms with Crippen LogP contribution in [0, 0.1) is 18.3 Å². The first-order chi connectivity index (χ1) is 16.5. The molecule has 1 amide bonds. The van der Waals surface area contributed by atoms with Gasteiger partial charge in [0.1, 0.15) is 17.4 Å². The number of hydrogen-bond acceptors (Lipinski definition) is 5. The Labute approximate surface area is 199 Å². The minimum Gasteiger partial charge on any atom is -0.376 e. The van der Waals surface area contributed by atoms with Gasteiger partial charge in [-0.1, -0.05) is 23.7 Å². The highest BCUT2D eigenvalue weighted by Gasteiger charge is 2.21. The van der Waals surface area contributed by atoms with Crippen molar-refractivity contribution < 1.29 is 9.53 Å². The van der Waals surface area contributed by atoms with Crippen LogP contribution < -0.4 is 11.0 Å². The molecule has 1 atom stereocenters. The number of carbonyl (C=O) groups excluding carboxylic acids is 1. The monoisotopic (exact) mass is 473 g/mol. The summed E-state index contributed by atoms with van der Waals surface area (Å²) in [6.07, 6.45) is 3.23. The Morgan fingerprint density at radius 2 is 2.15 bits per heavy atom. The molecule has 1 aliphatic rings. The number of nitriles is 1. The number of fused-ring (bicyclic) bond motifs is 2. The summed E-state index contributed by atoms with van der Waals surface area (Å²) in [6.45, 7) is 2.81. The van der Waals surface area contributed by atoms with Crippen molar-refractivity contribution in [1.29, 1.82) is 5.26 Å². The molecule has 170 valence electrons. The highest BCUT2D eigenvalue weighted by Crippen LogP contribution is 2.18. The molecule has 34 heavy (non-hydrogen) atoms. The number of ether oxygens (including phenoxy) is 1. The van der Waals surface area contributed by atoms with Crippen LogP contribution in [0.4, 0.5) is 0 Å². The number of benzene rings is 1. The van der Waals surface area contributed by atoms with Gasteiger partial charge >= 0.3 is 0 Å². The molecule has 5 rings (SSSR count). The summed E-state index contributed by atoms with van der Waals surface area (Å²) in [5.74, 6) is -0.548. The van der Waals surface area contributed by atoms with Crippen molar-refractivity contribution >= 4 is 34.2 Å². The Kier molecular flexibility index (Phi) is 5.74. The average Bonchev–Trinajstić information content (AvgIpc) is 3.34. The van der Waals surface area contributed by atoms with Crippen LogP contribution in [0.1, 0.15) is 34.3 Å². The van der Waals surface area contributed by atoms with Gasteiger partial charge in [0.2, 0.25) is 0 Å². The van der Waals surface area contributed by atoms with Crippen LogP contribution >= 0.6 is 11.6 Å². The maximum Gasteiger partial charge on any atom is 0.279 e. The third kappa shape index (κ3) is 3.89. The van der Waals surface area contributed by atoms with Gasteiger partial charge < -0.3 is 9.30 Å². The zero-order chi connectivity index (χ0) is 23.8. The molecule has 3 aromatic heterocycles. The fraction of sp³-hybridized carbons (Fsp3) is 0.240. The van der Waals surface area contributed by atoms with E-state index < -0.39 is 5.91 Å². The number of nitrogens with zero attached hydrogens (tertiary/aromatic N) is 5. The summed E-state index contributed by atoms with van der Waals surface area (Å²) in [6, 6.07) is 13.7. The highest BCUT2D eigenvalue weighted by atomic mass is 35.5. The molecular formula is C25H20ClN5O3. The quantitative estimate of drug-likeness (QED) is 0.424. The third-order valence-corrected chi connectivity index (χ3v) is 6.15. The van der Waals surface area contributed by atoms with Crippen LogP contribution in [0.15, 0.2) is 58.4 Å². The molecule has 4 heterocycles. The van der Waals surface area contributed by atoms with Crippen LogP contribution in [0.25, 0.3) is 16.7 Å². The Morgan fingerprint density at radius 1 is 1.29 bits per heavy atom. The maximum atomic E-state index is 13.3. The van der Waals surface area contributed by atoms with E-state index >= 15 is 0 Å². The lowest BCUT2D eigenvalue weighted by atomic mass is 10.2. The van der Waals surface area contributed by atoms with Gasteiger partial charge in [0.15, 0.2) is 5.49 Å².